The van der Waals surface area contributed by atoms with E-state index in [0.717, 1.165) is 0 Å². The molecule has 0 amide bonds. The van der Waals surface area contributed by atoms with Gasteiger partial charge in [-0.1, -0.05) is 0 Å². The first-order valence-electron chi connectivity index (χ1n) is 3.39. The first kappa shape index (κ1) is 6.86. The molecule has 0 saturated heterocycles. The van der Waals surface area contributed by atoms with Gasteiger partial charge in [-0.3, -0.25) is 0 Å². The molecule has 58 valence electrons. The summed E-state index contributed by atoms with van der Waals surface area (Å²) in [6.45, 7) is 0. The Hall–Kier alpha value is -1.82. The standard InChI is InChI=1S/C9H4FNO/c10-8-7(5-11)2-1-6-3-4-12-9(6)8/h1-4H. The second kappa shape index (κ2) is 2.35. The zero-order valence-corrected chi connectivity index (χ0v) is 6.04. The van der Waals surface area contributed by atoms with Gasteiger partial charge < -0.3 is 4.42 Å². The van der Waals surface area contributed by atoms with Gasteiger partial charge in [0.25, 0.3) is 0 Å². The quantitative estimate of drug-likeness (QED) is 0.595. The first-order valence-corrected chi connectivity index (χ1v) is 3.39. The molecule has 0 fully saturated rings. The molecule has 2 nitrogen and oxygen atoms in total. The Morgan fingerprint density at radius 2 is 2.17 bits per heavy atom. The van der Waals surface area contributed by atoms with E-state index in [1.807, 2.05) is 0 Å². The molecule has 0 aliphatic carbocycles. The predicted octanol–water partition coefficient (Wildman–Crippen LogP) is 2.44. The number of nitriles is 1. The van der Waals surface area contributed by atoms with E-state index in [2.05, 4.69) is 0 Å². The molecule has 1 aromatic heterocycles. The summed E-state index contributed by atoms with van der Waals surface area (Å²) in [7, 11) is 0. The van der Waals surface area contributed by atoms with Crippen molar-refractivity contribution in [3.05, 3.63) is 35.8 Å². The van der Waals surface area contributed by atoms with Crippen molar-refractivity contribution in [2.45, 2.75) is 0 Å². The van der Waals surface area contributed by atoms with Gasteiger partial charge in [0.15, 0.2) is 11.4 Å². The van der Waals surface area contributed by atoms with E-state index >= 15 is 0 Å². The minimum atomic E-state index is -0.583. The lowest BCUT2D eigenvalue weighted by Gasteiger charge is -1.92. The van der Waals surface area contributed by atoms with Gasteiger partial charge in [-0.25, -0.2) is 4.39 Å². The number of fused-ring (bicyclic) bond motifs is 1. The van der Waals surface area contributed by atoms with Gasteiger partial charge in [-0.15, -0.1) is 0 Å². The highest BCUT2D eigenvalue weighted by atomic mass is 19.1. The topological polar surface area (TPSA) is 36.9 Å². The third-order valence-electron chi connectivity index (χ3n) is 1.68. The molecular weight excluding hydrogens is 157 g/mol. The summed E-state index contributed by atoms with van der Waals surface area (Å²) in [5.41, 5.74) is 0.159. The molecule has 1 aromatic carbocycles. The van der Waals surface area contributed by atoms with E-state index in [0.29, 0.717) is 5.39 Å². The minimum absolute atomic E-state index is 0.0115. The van der Waals surface area contributed by atoms with Crippen molar-refractivity contribution in [1.29, 1.82) is 5.26 Å². The molecular formula is C9H4FNO. The fourth-order valence-electron chi connectivity index (χ4n) is 1.08. The molecule has 0 N–H and O–H groups in total. The summed E-state index contributed by atoms with van der Waals surface area (Å²) in [4.78, 5) is 0. The molecule has 2 aromatic rings. The van der Waals surface area contributed by atoms with E-state index in [1.54, 1.807) is 18.2 Å². The molecule has 0 radical (unpaired) electrons. The third-order valence-corrected chi connectivity index (χ3v) is 1.68. The average Bonchev–Trinajstić information content (AvgIpc) is 2.53. The minimum Gasteiger partial charge on any atom is -0.461 e. The summed E-state index contributed by atoms with van der Waals surface area (Å²) in [5, 5.41) is 9.16. The van der Waals surface area contributed by atoms with Gasteiger partial charge in [0.05, 0.1) is 11.8 Å². The van der Waals surface area contributed by atoms with Crippen LogP contribution in [0.2, 0.25) is 0 Å². The molecule has 2 rings (SSSR count). The third kappa shape index (κ3) is 0.785. The van der Waals surface area contributed by atoms with Crippen LogP contribution in [0.1, 0.15) is 5.56 Å². The van der Waals surface area contributed by atoms with E-state index in [1.165, 1.54) is 12.3 Å². The lowest BCUT2D eigenvalue weighted by atomic mass is 10.2. The zero-order chi connectivity index (χ0) is 8.55. The maximum absolute atomic E-state index is 13.2. The molecule has 0 bridgehead atoms. The SMILES string of the molecule is N#Cc1ccc2ccoc2c1F. The molecule has 0 aliphatic rings. The molecule has 0 saturated carbocycles. The number of hydrogen-bond donors (Lipinski definition) is 0. The van der Waals surface area contributed by atoms with Crippen molar-refractivity contribution in [2.24, 2.45) is 0 Å². The van der Waals surface area contributed by atoms with Crippen molar-refractivity contribution in [1.82, 2.24) is 0 Å². The van der Waals surface area contributed by atoms with Gasteiger partial charge >= 0.3 is 0 Å². The van der Waals surface area contributed by atoms with Crippen LogP contribution in [0.3, 0.4) is 0 Å². The maximum atomic E-state index is 13.2. The summed E-state index contributed by atoms with van der Waals surface area (Å²) < 4.78 is 18.1. The van der Waals surface area contributed by atoms with E-state index < -0.39 is 5.82 Å². The molecule has 1 heterocycles. The molecule has 0 aliphatic heterocycles. The Morgan fingerprint density at radius 3 is 2.92 bits per heavy atom. The molecule has 0 unspecified atom stereocenters. The summed E-state index contributed by atoms with van der Waals surface area (Å²) in [5.74, 6) is -0.583. The van der Waals surface area contributed by atoms with Gasteiger partial charge in [-0.2, -0.15) is 5.26 Å². The van der Waals surface area contributed by atoms with Crippen molar-refractivity contribution >= 4 is 11.0 Å². The number of nitrogens with zero attached hydrogens (tertiary/aromatic N) is 1. The normalized spacial score (nSPS) is 10.0. The Morgan fingerprint density at radius 1 is 1.33 bits per heavy atom. The van der Waals surface area contributed by atoms with Crippen LogP contribution in [0.4, 0.5) is 4.39 Å². The smallest absolute Gasteiger partial charge is 0.184 e. The Balaban J connectivity index is 2.89. The number of benzene rings is 1. The lowest BCUT2D eigenvalue weighted by Crippen LogP contribution is -1.82. The van der Waals surface area contributed by atoms with Gasteiger partial charge in [0.1, 0.15) is 6.07 Å². The van der Waals surface area contributed by atoms with Gasteiger partial charge in [0, 0.05) is 5.39 Å². The van der Waals surface area contributed by atoms with Crippen molar-refractivity contribution in [2.75, 3.05) is 0 Å². The van der Waals surface area contributed by atoms with Crippen LogP contribution in [-0.4, -0.2) is 0 Å². The first-order chi connectivity index (χ1) is 5.83. The fraction of sp³-hybridized carbons (Fsp3) is 0. The lowest BCUT2D eigenvalue weighted by molar-refractivity contribution is 0.558. The second-order valence-corrected chi connectivity index (χ2v) is 2.38. The van der Waals surface area contributed by atoms with Crippen LogP contribution < -0.4 is 0 Å². The van der Waals surface area contributed by atoms with Crippen LogP contribution >= 0.6 is 0 Å². The highest BCUT2D eigenvalue weighted by molar-refractivity contribution is 5.79. The summed E-state index contributed by atoms with van der Waals surface area (Å²) in [6.07, 6.45) is 1.40. The van der Waals surface area contributed by atoms with E-state index in [-0.39, 0.29) is 11.1 Å². The zero-order valence-electron chi connectivity index (χ0n) is 6.04. The predicted molar refractivity (Wildman–Crippen MR) is 40.9 cm³/mol. The molecule has 0 spiro atoms. The molecule has 3 heteroatoms. The Bertz CT molecular complexity index is 467. The van der Waals surface area contributed by atoms with Crippen LogP contribution in [0.25, 0.3) is 11.0 Å². The fourth-order valence-corrected chi connectivity index (χ4v) is 1.08. The largest absolute Gasteiger partial charge is 0.461 e. The average molecular weight is 161 g/mol. The number of rotatable bonds is 0. The summed E-state index contributed by atoms with van der Waals surface area (Å²) in [6, 6.07) is 6.49. The maximum Gasteiger partial charge on any atom is 0.184 e. The van der Waals surface area contributed by atoms with Crippen LogP contribution in [0.5, 0.6) is 0 Å². The molecule has 0 atom stereocenters. The second-order valence-electron chi connectivity index (χ2n) is 2.38. The van der Waals surface area contributed by atoms with Crippen LogP contribution in [0, 0.1) is 17.1 Å². The van der Waals surface area contributed by atoms with E-state index in [4.69, 9.17) is 9.68 Å². The Labute approximate surface area is 67.8 Å². The van der Waals surface area contributed by atoms with Crippen molar-refractivity contribution in [3.63, 3.8) is 0 Å². The monoisotopic (exact) mass is 161 g/mol. The highest BCUT2D eigenvalue weighted by Gasteiger charge is 2.08. The van der Waals surface area contributed by atoms with Crippen molar-refractivity contribution in [3.8, 4) is 6.07 Å². The highest BCUT2D eigenvalue weighted by Crippen LogP contribution is 2.21. The number of furan rings is 1. The van der Waals surface area contributed by atoms with E-state index in [9.17, 15) is 4.39 Å². The van der Waals surface area contributed by atoms with Crippen molar-refractivity contribution < 1.29 is 8.81 Å². The number of halogens is 1. The summed E-state index contributed by atoms with van der Waals surface area (Å²) >= 11 is 0. The van der Waals surface area contributed by atoms with Gasteiger partial charge in [0.2, 0.25) is 0 Å². The van der Waals surface area contributed by atoms with Crippen LogP contribution in [-0.2, 0) is 0 Å². The number of hydrogen-bond acceptors (Lipinski definition) is 2. The Kier molecular flexibility index (Phi) is 1.34. The van der Waals surface area contributed by atoms with Crippen LogP contribution in [0.15, 0.2) is 28.9 Å². The molecule has 12 heavy (non-hydrogen) atoms. The van der Waals surface area contributed by atoms with Gasteiger partial charge in [-0.05, 0) is 18.2 Å².